The number of carbonyl (C=O) groups is 1. The summed E-state index contributed by atoms with van der Waals surface area (Å²) in [4.78, 5) is 16.2. The van der Waals surface area contributed by atoms with E-state index in [1.165, 1.54) is 6.42 Å². The first kappa shape index (κ1) is 12.7. The number of hydrogen-bond acceptors (Lipinski definition) is 3. The summed E-state index contributed by atoms with van der Waals surface area (Å²) in [6.45, 7) is 9.25. The predicted octanol–water partition coefficient (Wildman–Crippen LogP) is 1.38. The molecule has 1 aliphatic rings. The van der Waals surface area contributed by atoms with Crippen molar-refractivity contribution in [3.05, 3.63) is 0 Å². The Labute approximate surface area is 93.4 Å². The van der Waals surface area contributed by atoms with Gasteiger partial charge >= 0.3 is 0 Å². The lowest BCUT2D eigenvalue weighted by atomic mass is 10.1. The third-order valence-electron chi connectivity index (χ3n) is 3.50. The van der Waals surface area contributed by atoms with E-state index in [1.54, 1.807) is 6.92 Å². The van der Waals surface area contributed by atoms with Gasteiger partial charge in [-0.25, -0.2) is 0 Å². The van der Waals surface area contributed by atoms with Crippen molar-refractivity contribution in [3.63, 3.8) is 0 Å². The zero-order valence-electron chi connectivity index (χ0n) is 10.5. The van der Waals surface area contributed by atoms with Crippen LogP contribution in [0.15, 0.2) is 0 Å². The number of ketones is 1. The summed E-state index contributed by atoms with van der Waals surface area (Å²) in [6, 6.07) is 0.623. The Morgan fingerprint density at radius 2 is 2.13 bits per heavy atom. The Bertz CT molecular complexity index is 218. The van der Waals surface area contributed by atoms with Gasteiger partial charge in [0.1, 0.15) is 5.78 Å². The number of carbonyl (C=O) groups excluding carboxylic acids is 1. The van der Waals surface area contributed by atoms with E-state index in [4.69, 9.17) is 0 Å². The highest BCUT2D eigenvalue weighted by atomic mass is 16.1. The molecule has 0 aromatic carbocycles. The minimum absolute atomic E-state index is 0.0847. The predicted molar refractivity (Wildman–Crippen MR) is 63.0 cm³/mol. The topological polar surface area (TPSA) is 23.6 Å². The molecule has 1 aliphatic heterocycles. The van der Waals surface area contributed by atoms with Crippen LogP contribution in [-0.2, 0) is 4.79 Å². The van der Waals surface area contributed by atoms with Gasteiger partial charge in [0.05, 0.1) is 6.04 Å². The summed E-state index contributed by atoms with van der Waals surface area (Å²) < 4.78 is 0. The summed E-state index contributed by atoms with van der Waals surface area (Å²) in [5.41, 5.74) is 0. The second kappa shape index (κ2) is 5.61. The summed E-state index contributed by atoms with van der Waals surface area (Å²) in [7, 11) is 2.17. The van der Waals surface area contributed by atoms with Gasteiger partial charge in [-0.15, -0.1) is 0 Å². The number of rotatable bonds is 3. The molecular formula is C12H24N2O. The van der Waals surface area contributed by atoms with Crippen molar-refractivity contribution in [2.45, 2.75) is 45.7 Å². The summed E-state index contributed by atoms with van der Waals surface area (Å²) >= 11 is 0. The smallest absolute Gasteiger partial charge is 0.146 e. The Balaban J connectivity index is 2.70. The molecule has 0 radical (unpaired) electrons. The van der Waals surface area contributed by atoms with E-state index >= 15 is 0 Å². The second-order valence-corrected chi connectivity index (χ2v) is 4.70. The molecule has 0 aromatic rings. The summed E-state index contributed by atoms with van der Waals surface area (Å²) in [5, 5.41) is 0. The highest BCUT2D eigenvalue weighted by molar-refractivity contribution is 5.81. The van der Waals surface area contributed by atoms with Crippen molar-refractivity contribution in [2.24, 2.45) is 0 Å². The lowest BCUT2D eigenvalue weighted by molar-refractivity contribution is -0.122. The van der Waals surface area contributed by atoms with Crippen molar-refractivity contribution in [2.75, 3.05) is 26.7 Å². The molecule has 0 amide bonds. The maximum absolute atomic E-state index is 11.4. The second-order valence-electron chi connectivity index (χ2n) is 4.70. The number of likely N-dealkylation sites (N-methyl/N-ethyl adjacent to an activating group) is 1. The van der Waals surface area contributed by atoms with E-state index < -0.39 is 0 Å². The van der Waals surface area contributed by atoms with Gasteiger partial charge in [0, 0.05) is 19.1 Å². The molecule has 0 bridgehead atoms. The van der Waals surface area contributed by atoms with Crippen LogP contribution >= 0.6 is 0 Å². The van der Waals surface area contributed by atoms with E-state index in [0.717, 1.165) is 26.1 Å². The molecule has 1 fully saturated rings. The van der Waals surface area contributed by atoms with Gasteiger partial charge in [-0.1, -0.05) is 6.92 Å². The van der Waals surface area contributed by atoms with Crippen molar-refractivity contribution < 1.29 is 4.79 Å². The Kier molecular flexibility index (Phi) is 4.74. The fourth-order valence-corrected chi connectivity index (χ4v) is 2.37. The monoisotopic (exact) mass is 212 g/mol. The van der Waals surface area contributed by atoms with E-state index in [1.807, 2.05) is 6.92 Å². The highest BCUT2D eigenvalue weighted by Crippen LogP contribution is 2.15. The van der Waals surface area contributed by atoms with Crippen LogP contribution in [-0.4, -0.2) is 54.3 Å². The van der Waals surface area contributed by atoms with Gasteiger partial charge in [0.2, 0.25) is 0 Å². The van der Waals surface area contributed by atoms with Crippen LogP contribution in [0.4, 0.5) is 0 Å². The molecule has 0 saturated carbocycles. The molecule has 2 atom stereocenters. The molecule has 0 aliphatic carbocycles. The van der Waals surface area contributed by atoms with Gasteiger partial charge in [0.25, 0.3) is 0 Å². The standard InChI is InChI=1S/C12H24N2O/c1-5-12-9-13(4)7-6-8-14(12)10(2)11(3)15/h10,12H,5-9H2,1-4H3. The molecule has 3 heteroatoms. The van der Waals surface area contributed by atoms with Gasteiger partial charge in [0.15, 0.2) is 0 Å². The van der Waals surface area contributed by atoms with Crippen LogP contribution < -0.4 is 0 Å². The molecule has 0 N–H and O–H groups in total. The normalized spacial score (nSPS) is 27.3. The molecule has 15 heavy (non-hydrogen) atoms. The van der Waals surface area contributed by atoms with Crippen LogP contribution in [0.1, 0.15) is 33.6 Å². The fraction of sp³-hybridized carbons (Fsp3) is 0.917. The number of Topliss-reactive ketones (excluding diaryl/α,β-unsaturated/α-hetero) is 1. The molecule has 88 valence electrons. The van der Waals surface area contributed by atoms with Crippen LogP contribution in [0.5, 0.6) is 0 Å². The third-order valence-corrected chi connectivity index (χ3v) is 3.50. The van der Waals surface area contributed by atoms with Crippen molar-refractivity contribution in [1.82, 2.24) is 9.80 Å². The Hall–Kier alpha value is -0.410. The molecule has 0 aromatic heterocycles. The summed E-state index contributed by atoms with van der Waals surface area (Å²) in [5.74, 6) is 0.290. The molecular weight excluding hydrogens is 188 g/mol. The minimum Gasteiger partial charge on any atom is -0.305 e. The van der Waals surface area contributed by atoms with Crippen molar-refractivity contribution in [3.8, 4) is 0 Å². The SMILES string of the molecule is CCC1CN(C)CCCN1C(C)C(C)=O. The first-order chi connectivity index (χ1) is 7.06. The molecule has 1 rings (SSSR count). The quantitative estimate of drug-likeness (QED) is 0.706. The third kappa shape index (κ3) is 3.28. The van der Waals surface area contributed by atoms with Crippen molar-refractivity contribution in [1.29, 1.82) is 0 Å². The molecule has 2 unspecified atom stereocenters. The van der Waals surface area contributed by atoms with E-state index in [-0.39, 0.29) is 11.8 Å². The molecule has 1 heterocycles. The van der Waals surface area contributed by atoms with Crippen molar-refractivity contribution >= 4 is 5.78 Å². The van der Waals surface area contributed by atoms with Gasteiger partial charge in [-0.05, 0) is 40.3 Å². The van der Waals surface area contributed by atoms with E-state index in [9.17, 15) is 4.79 Å². The van der Waals surface area contributed by atoms with Gasteiger partial charge in [-0.2, -0.15) is 0 Å². The zero-order valence-corrected chi connectivity index (χ0v) is 10.5. The number of hydrogen-bond donors (Lipinski definition) is 0. The lowest BCUT2D eigenvalue weighted by Crippen LogP contribution is -2.47. The van der Waals surface area contributed by atoms with Gasteiger partial charge in [-0.3, -0.25) is 9.69 Å². The molecule has 0 spiro atoms. The largest absolute Gasteiger partial charge is 0.305 e. The Morgan fingerprint density at radius 3 is 2.67 bits per heavy atom. The highest BCUT2D eigenvalue weighted by Gasteiger charge is 2.27. The molecule has 1 saturated heterocycles. The lowest BCUT2D eigenvalue weighted by Gasteiger charge is -2.33. The first-order valence-corrected chi connectivity index (χ1v) is 6.01. The molecule has 3 nitrogen and oxygen atoms in total. The Morgan fingerprint density at radius 1 is 1.47 bits per heavy atom. The minimum atomic E-state index is 0.0847. The first-order valence-electron chi connectivity index (χ1n) is 6.01. The zero-order chi connectivity index (χ0) is 11.4. The van der Waals surface area contributed by atoms with Gasteiger partial charge < -0.3 is 4.90 Å². The average molecular weight is 212 g/mol. The maximum atomic E-state index is 11.4. The van der Waals surface area contributed by atoms with Crippen LogP contribution in [0.3, 0.4) is 0 Å². The summed E-state index contributed by atoms with van der Waals surface area (Å²) in [6.07, 6.45) is 2.30. The van der Waals surface area contributed by atoms with Crippen LogP contribution in [0.2, 0.25) is 0 Å². The number of nitrogens with zero attached hydrogens (tertiary/aromatic N) is 2. The van der Waals surface area contributed by atoms with Crippen LogP contribution in [0, 0.1) is 0 Å². The average Bonchev–Trinajstić information content (AvgIpc) is 2.38. The maximum Gasteiger partial charge on any atom is 0.146 e. The van der Waals surface area contributed by atoms with E-state index in [2.05, 4.69) is 23.8 Å². The van der Waals surface area contributed by atoms with Crippen LogP contribution in [0.25, 0.3) is 0 Å². The fourth-order valence-electron chi connectivity index (χ4n) is 2.37. The van der Waals surface area contributed by atoms with E-state index in [0.29, 0.717) is 6.04 Å².